The third kappa shape index (κ3) is 3.62. The molecule has 1 aliphatic rings. The fourth-order valence-electron chi connectivity index (χ4n) is 2.53. The lowest BCUT2D eigenvalue weighted by Crippen LogP contribution is -2.41. The second kappa shape index (κ2) is 6.69. The minimum absolute atomic E-state index is 0.0864. The molecule has 0 spiro atoms. The standard InChI is InChI=1S/C18H23N5/c1-14(2)22-11-8-18(19-13-22)21-15(3)16-6-4-7-17(12-16)23-10-5-9-20-23/h4-12,14-15H,13H2,1-3H3,(H,19,21)/t15-/m0/s1. The Kier molecular flexibility index (Phi) is 4.46. The summed E-state index contributed by atoms with van der Waals surface area (Å²) in [5.41, 5.74) is 2.23. The van der Waals surface area contributed by atoms with Crippen LogP contribution >= 0.6 is 0 Å². The molecule has 1 aromatic heterocycles. The minimum atomic E-state index is 0.0864. The Bertz CT molecular complexity index is 700. The zero-order chi connectivity index (χ0) is 16.2. The summed E-state index contributed by atoms with van der Waals surface area (Å²) in [5, 5.41) is 7.64. The highest BCUT2D eigenvalue weighted by molar-refractivity contribution is 5.93. The van der Waals surface area contributed by atoms with E-state index in [0.29, 0.717) is 6.04 Å². The number of aromatic nitrogens is 2. The van der Waals surface area contributed by atoms with E-state index in [1.165, 1.54) is 5.56 Å². The van der Waals surface area contributed by atoms with Gasteiger partial charge in [-0.1, -0.05) is 12.1 Å². The molecule has 0 amide bonds. The molecule has 0 saturated carbocycles. The van der Waals surface area contributed by atoms with Crippen molar-refractivity contribution < 1.29 is 0 Å². The maximum Gasteiger partial charge on any atom is 0.124 e. The zero-order valence-electron chi connectivity index (χ0n) is 13.8. The molecule has 2 heterocycles. The Hall–Kier alpha value is -2.56. The quantitative estimate of drug-likeness (QED) is 0.944. The lowest BCUT2D eigenvalue weighted by molar-refractivity contribution is 0.300. The molecule has 120 valence electrons. The first kappa shape index (κ1) is 15.3. The van der Waals surface area contributed by atoms with Crippen LogP contribution < -0.4 is 5.32 Å². The molecule has 1 aliphatic heterocycles. The van der Waals surface area contributed by atoms with E-state index in [4.69, 9.17) is 4.99 Å². The number of benzene rings is 1. The Morgan fingerprint density at radius 2 is 2.09 bits per heavy atom. The molecule has 0 radical (unpaired) electrons. The number of aliphatic imine (C=N–C) groups is 1. The topological polar surface area (TPSA) is 45.5 Å². The van der Waals surface area contributed by atoms with E-state index in [-0.39, 0.29) is 6.04 Å². The molecule has 5 nitrogen and oxygen atoms in total. The molecule has 1 N–H and O–H groups in total. The predicted molar refractivity (Wildman–Crippen MR) is 93.5 cm³/mol. The first-order chi connectivity index (χ1) is 11.1. The smallest absolute Gasteiger partial charge is 0.124 e. The van der Waals surface area contributed by atoms with Crippen LogP contribution in [0.4, 0.5) is 0 Å². The van der Waals surface area contributed by atoms with Crippen molar-refractivity contribution in [1.29, 1.82) is 0 Å². The maximum atomic E-state index is 4.78. The van der Waals surface area contributed by atoms with Crippen molar-refractivity contribution in [3.8, 4) is 5.69 Å². The van der Waals surface area contributed by atoms with E-state index < -0.39 is 0 Å². The molecule has 23 heavy (non-hydrogen) atoms. The first-order valence-electron chi connectivity index (χ1n) is 7.99. The van der Waals surface area contributed by atoms with Crippen LogP contribution in [0.15, 0.2) is 60.0 Å². The predicted octanol–water partition coefficient (Wildman–Crippen LogP) is 3.12. The third-order valence-electron chi connectivity index (χ3n) is 3.98. The van der Waals surface area contributed by atoms with Crippen molar-refractivity contribution in [1.82, 2.24) is 20.0 Å². The van der Waals surface area contributed by atoms with Crippen molar-refractivity contribution in [2.24, 2.45) is 4.99 Å². The van der Waals surface area contributed by atoms with Crippen molar-refractivity contribution in [2.75, 3.05) is 6.67 Å². The lowest BCUT2D eigenvalue weighted by atomic mass is 10.1. The minimum Gasteiger partial charge on any atom is -0.358 e. The van der Waals surface area contributed by atoms with E-state index in [1.807, 2.05) is 29.1 Å². The Labute approximate surface area is 137 Å². The molecule has 0 aliphatic carbocycles. The average Bonchev–Trinajstić information content (AvgIpc) is 3.10. The lowest BCUT2D eigenvalue weighted by Gasteiger charge is -2.29. The molecule has 1 aromatic carbocycles. The molecule has 0 fully saturated rings. The highest BCUT2D eigenvalue weighted by Crippen LogP contribution is 2.20. The molecule has 0 unspecified atom stereocenters. The van der Waals surface area contributed by atoms with Crippen LogP contribution in [0.1, 0.15) is 32.4 Å². The van der Waals surface area contributed by atoms with Crippen LogP contribution in [-0.4, -0.2) is 33.2 Å². The van der Waals surface area contributed by atoms with Gasteiger partial charge in [-0.05, 0) is 50.6 Å². The highest BCUT2D eigenvalue weighted by Gasteiger charge is 2.12. The van der Waals surface area contributed by atoms with Crippen LogP contribution in [0.5, 0.6) is 0 Å². The number of hydrogen-bond acceptors (Lipinski definition) is 3. The first-order valence-corrected chi connectivity index (χ1v) is 7.99. The van der Waals surface area contributed by atoms with Crippen molar-refractivity contribution in [3.05, 3.63) is 60.6 Å². The summed E-state index contributed by atoms with van der Waals surface area (Å²) in [4.78, 5) is 7.02. The van der Waals surface area contributed by atoms with Crippen LogP contribution in [0.2, 0.25) is 0 Å². The van der Waals surface area contributed by atoms with Gasteiger partial charge < -0.3 is 10.2 Å². The van der Waals surface area contributed by atoms with E-state index in [1.54, 1.807) is 6.20 Å². The monoisotopic (exact) mass is 309 g/mol. The van der Waals surface area contributed by atoms with Crippen LogP contribution in [0.25, 0.3) is 5.69 Å². The number of nitrogens with zero attached hydrogens (tertiary/aromatic N) is 4. The van der Waals surface area contributed by atoms with Crippen LogP contribution in [0.3, 0.4) is 0 Å². The normalized spacial score (nSPS) is 17.6. The summed E-state index contributed by atoms with van der Waals surface area (Å²) in [6.07, 6.45) is 7.87. The second-order valence-electron chi connectivity index (χ2n) is 5.99. The summed E-state index contributed by atoms with van der Waals surface area (Å²) in [6, 6.07) is 10.8. The van der Waals surface area contributed by atoms with Gasteiger partial charge >= 0.3 is 0 Å². The Morgan fingerprint density at radius 3 is 2.74 bits per heavy atom. The van der Waals surface area contributed by atoms with Crippen LogP contribution in [-0.2, 0) is 0 Å². The highest BCUT2D eigenvalue weighted by atomic mass is 15.3. The zero-order valence-corrected chi connectivity index (χ0v) is 13.8. The summed E-state index contributed by atoms with van der Waals surface area (Å²) < 4.78 is 1.86. The molecule has 5 heteroatoms. The molecule has 0 bridgehead atoms. The maximum absolute atomic E-state index is 4.78. The fourth-order valence-corrected chi connectivity index (χ4v) is 2.53. The fraction of sp³-hybridized carbons (Fsp3) is 0.333. The van der Waals surface area contributed by atoms with Gasteiger partial charge in [-0.15, -0.1) is 0 Å². The van der Waals surface area contributed by atoms with E-state index >= 15 is 0 Å². The molecule has 1 atom stereocenters. The second-order valence-corrected chi connectivity index (χ2v) is 5.99. The number of rotatable bonds is 4. The van der Waals surface area contributed by atoms with Gasteiger partial charge in [0.15, 0.2) is 0 Å². The van der Waals surface area contributed by atoms with E-state index in [9.17, 15) is 0 Å². The average molecular weight is 309 g/mol. The third-order valence-corrected chi connectivity index (χ3v) is 3.98. The summed E-state index contributed by atoms with van der Waals surface area (Å²) in [7, 11) is 0. The Balaban J connectivity index is 1.76. The van der Waals surface area contributed by atoms with Gasteiger partial charge in [0.25, 0.3) is 0 Å². The summed E-state index contributed by atoms with van der Waals surface area (Å²) in [5.74, 6) is 0.930. The van der Waals surface area contributed by atoms with E-state index in [0.717, 1.165) is 18.2 Å². The number of hydrogen-bond donors (Lipinski definition) is 1. The van der Waals surface area contributed by atoms with Gasteiger partial charge in [0, 0.05) is 24.6 Å². The summed E-state index contributed by atoms with van der Waals surface area (Å²) in [6.45, 7) is 7.27. The molecule has 3 rings (SSSR count). The van der Waals surface area contributed by atoms with Crippen molar-refractivity contribution >= 4 is 5.84 Å². The van der Waals surface area contributed by atoms with Gasteiger partial charge in [0.1, 0.15) is 5.84 Å². The van der Waals surface area contributed by atoms with Gasteiger partial charge in [0.05, 0.1) is 18.4 Å². The van der Waals surface area contributed by atoms with Gasteiger partial charge in [-0.25, -0.2) is 4.68 Å². The molecular weight excluding hydrogens is 286 g/mol. The van der Waals surface area contributed by atoms with Gasteiger partial charge in [-0.2, -0.15) is 5.10 Å². The van der Waals surface area contributed by atoms with Gasteiger partial charge in [0.2, 0.25) is 0 Å². The Morgan fingerprint density at radius 1 is 1.22 bits per heavy atom. The SMILES string of the molecule is CC(C)N1C=CC(=N[C@@H](C)c2cccc(-n3cccn3)c2)NC1. The van der Waals surface area contributed by atoms with Crippen molar-refractivity contribution in [3.63, 3.8) is 0 Å². The molecule has 2 aromatic rings. The molecular formula is C18H23N5. The number of amidine groups is 1. The largest absolute Gasteiger partial charge is 0.358 e. The van der Waals surface area contributed by atoms with E-state index in [2.05, 4.69) is 60.5 Å². The summed E-state index contributed by atoms with van der Waals surface area (Å²) >= 11 is 0. The van der Waals surface area contributed by atoms with Crippen molar-refractivity contribution in [2.45, 2.75) is 32.9 Å². The van der Waals surface area contributed by atoms with Crippen LogP contribution in [0, 0.1) is 0 Å². The van der Waals surface area contributed by atoms with Gasteiger partial charge in [-0.3, -0.25) is 4.99 Å². The number of nitrogens with one attached hydrogen (secondary N) is 1. The molecule has 0 saturated heterocycles.